The van der Waals surface area contributed by atoms with Crippen LogP contribution in [0, 0.1) is 6.92 Å². The third-order valence-corrected chi connectivity index (χ3v) is 2.21. The van der Waals surface area contributed by atoms with Crippen LogP contribution >= 0.6 is 0 Å². The summed E-state index contributed by atoms with van der Waals surface area (Å²) < 4.78 is 28.9. The summed E-state index contributed by atoms with van der Waals surface area (Å²) in [6.45, 7) is 1.76. The molecule has 0 amide bonds. The largest absolute Gasteiger partial charge is 0.434 e. The third-order valence-electron chi connectivity index (χ3n) is 2.21. The number of nitrogens with one attached hydrogen (secondary N) is 1. The summed E-state index contributed by atoms with van der Waals surface area (Å²) in [5, 5.41) is 2.83. The maximum Gasteiger partial charge on any atom is 0.387 e. The number of alkyl halides is 2. The van der Waals surface area contributed by atoms with Crippen LogP contribution in [-0.4, -0.2) is 19.1 Å². The van der Waals surface area contributed by atoms with Crippen molar-refractivity contribution in [3.63, 3.8) is 0 Å². The summed E-state index contributed by atoms with van der Waals surface area (Å²) >= 11 is 0. The molecule has 0 aliphatic rings. The molecule has 0 saturated heterocycles. The van der Waals surface area contributed by atoms with E-state index in [0.29, 0.717) is 12.1 Å². The molecule has 0 aliphatic heterocycles. The van der Waals surface area contributed by atoms with Crippen LogP contribution in [0.15, 0.2) is 23.2 Å². The van der Waals surface area contributed by atoms with Crippen LogP contribution in [0.3, 0.4) is 0 Å². The van der Waals surface area contributed by atoms with Crippen LogP contribution in [0.1, 0.15) is 18.1 Å². The van der Waals surface area contributed by atoms with Gasteiger partial charge in [-0.25, -0.2) is 4.99 Å². The van der Waals surface area contributed by atoms with Crippen LogP contribution < -0.4 is 15.8 Å². The van der Waals surface area contributed by atoms with Crippen LogP contribution in [0.5, 0.6) is 5.75 Å². The van der Waals surface area contributed by atoms with Crippen molar-refractivity contribution in [2.45, 2.75) is 27.0 Å². The second-order valence-electron chi connectivity index (χ2n) is 3.72. The standard InChI is InChI=1S/C12H17F2N3O/c1-3-16-12(15)17-7-9-6-8(2)4-5-10(9)18-11(13)14/h4-6,11H,3,7H2,1-2H3,(H3,15,16,17). The molecule has 100 valence electrons. The molecule has 1 rings (SSSR count). The summed E-state index contributed by atoms with van der Waals surface area (Å²) in [5.74, 6) is 0.408. The minimum atomic E-state index is -2.85. The molecule has 0 heterocycles. The van der Waals surface area contributed by atoms with E-state index in [9.17, 15) is 8.78 Å². The fourth-order valence-electron chi connectivity index (χ4n) is 1.45. The average Bonchev–Trinajstić information content (AvgIpc) is 2.29. The molecular formula is C12H17F2N3O. The highest BCUT2D eigenvalue weighted by Gasteiger charge is 2.09. The minimum Gasteiger partial charge on any atom is -0.434 e. The molecule has 0 radical (unpaired) electrons. The van der Waals surface area contributed by atoms with Crippen molar-refractivity contribution in [3.05, 3.63) is 29.3 Å². The van der Waals surface area contributed by atoms with E-state index >= 15 is 0 Å². The molecule has 4 nitrogen and oxygen atoms in total. The van der Waals surface area contributed by atoms with E-state index in [0.717, 1.165) is 5.56 Å². The lowest BCUT2D eigenvalue weighted by Crippen LogP contribution is -2.31. The van der Waals surface area contributed by atoms with E-state index in [2.05, 4.69) is 15.0 Å². The normalized spacial score (nSPS) is 11.7. The van der Waals surface area contributed by atoms with E-state index < -0.39 is 6.61 Å². The molecule has 0 atom stereocenters. The Bertz CT molecular complexity index is 422. The van der Waals surface area contributed by atoms with Gasteiger partial charge >= 0.3 is 6.61 Å². The zero-order chi connectivity index (χ0) is 13.5. The fourth-order valence-corrected chi connectivity index (χ4v) is 1.45. The van der Waals surface area contributed by atoms with Crippen LogP contribution in [-0.2, 0) is 6.54 Å². The quantitative estimate of drug-likeness (QED) is 0.626. The number of benzene rings is 1. The lowest BCUT2D eigenvalue weighted by atomic mass is 10.1. The van der Waals surface area contributed by atoms with E-state index in [1.807, 2.05) is 13.8 Å². The number of ether oxygens (including phenoxy) is 1. The number of hydrogen-bond acceptors (Lipinski definition) is 2. The van der Waals surface area contributed by atoms with Crippen molar-refractivity contribution in [1.82, 2.24) is 5.32 Å². The monoisotopic (exact) mass is 257 g/mol. The number of nitrogens with zero attached hydrogens (tertiary/aromatic N) is 1. The predicted molar refractivity (Wildman–Crippen MR) is 66.8 cm³/mol. The summed E-state index contributed by atoms with van der Waals surface area (Å²) in [6.07, 6.45) is 0. The first-order chi connectivity index (χ1) is 8.52. The number of aryl methyl sites for hydroxylation is 1. The first-order valence-electron chi connectivity index (χ1n) is 5.61. The molecule has 0 fully saturated rings. The first kappa shape index (κ1) is 14.2. The smallest absolute Gasteiger partial charge is 0.387 e. The van der Waals surface area contributed by atoms with E-state index in [1.54, 1.807) is 12.1 Å². The molecule has 1 aromatic carbocycles. The maximum atomic E-state index is 12.2. The van der Waals surface area contributed by atoms with Gasteiger partial charge in [0, 0.05) is 12.1 Å². The molecule has 0 spiro atoms. The maximum absolute atomic E-state index is 12.2. The topological polar surface area (TPSA) is 59.6 Å². The van der Waals surface area contributed by atoms with Gasteiger partial charge in [-0.2, -0.15) is 8.78 Å². The summed E-state index contributed by atoms with van der Waals surface area (Å²) in [4.78, 5) is 4.05. The molecule has 0 aliphatic carbocycles. The number of guanidine groups is 1. The molecule has 0 saturated carbocycles. The van der Waals surface area contributed by atoms with Crippen molar-refractivity contribution in [1.29, 1.82) is 0 Å². The second-order valence-corrected chi connectivity index (χ2v) is 3.72. The van der Waals surface area contributed by atoms with Crippen molar-refractivity contribution in [2.24, 2.45) is 10.7 Å². The van der Waals surface area contributed by atoms with Crippen LogP contribution in [0.2, 0.25) is 0 Å². The Morgan fingerprint density at radius 1 is 1.50 bits per heavy atom. The highest BCUT2D eigenvalue weighted by atomic mass is 19.3. The molecule has 6 heteroatoms. The lowest BCUT2D eigenvalue weighted by molar-refractivity contribution is -0.0504. The fraction of sp³-hybridized carbons (Fsp3) is 0.417. The summed E-state index contributed by atoms with van der Waals surface area (Å²) in [5.41, 5.74) is 7.10. The minimum absolute atomic E-state index is 0.128. The Balaban J connectivity index is 2.85. The summed E-state index contributed by atoms with van der Waals surface area (Å²) in [6, 6.07) is 4.97. The van der Waals surface area contributed by atoms with E-state index in [4.69, 9.17) is 5.73 Å². The molecule has 0 aromatic heterocycles. The van der Waals surface area contributed by atoms with Crippen molar-refractivity contribution >= 4 is 5.96 Å². The van der Waals surface area contributed by atoms with E-state index in [-0.39, 0.29) is 18.3 Å². The van der Waals surface area contributed by atoms with Gasteiger partial charge in [0.15, 0.2) is 5.96 Å². The van der Waals surface area contributed by atoms with Gasteiger partial charge in [0.05, 0.1) is 6.54 Å². The molecular weight excluding hydrogens is 240 g/mol. The Morgan fingerprint density at radius 3 is 2.83 bits per heavy atom. The molecule has 1 aromatic rings. The Labute approximate surface area is 105 Å². The molecule has 3 N–H and O–H groups in total. The first-order valence-corrected chi connectivity index (χ1v) is 5.61. The van der Waals surface area contributed by atoms with Crippen LogP contribution in [0.25, 0.3) is 0 Å². The third kappa shape index (κ3) is 4.57. The number of halogens is 2. The zero-order valence-corrected chi connectivity index (χ0v) is 10.4. The van der Waals surface area contributed by atoms with Crippen LogP contribution in [0.4, 0.5) is 8.78 Å². The average molecular weight is 257 g/mol. The number of rotatable bonds is 5. The second kappa shape index (κ2) is 6.78. The Morgan fingerprint density at radius 2 is 2.22 bits per heavy atom. The van der Waals surface area contributed by atoms with Crippen molar-refractivity contribution < 1.29 is 13.5 Å². The Hall–Kier alpha value is -1.85. The predicted octanol–water partition coefficient (Wildman–Crippen LogP) is 2.02. The highest BCUT2D eigenvalue weighted by molar-refractivity contribution is 5.77. The Kier molecular flexibility index (Phi) is 5.35. The molecule has 18 heavy (non-hydrogen) atoms. The van der Waals surface area contributed by atoms with Gasteiger partial charge in [-0.1, -0.05) is 17.7 Å². The van der Waals surface area contributed by atoms with Crippen molar-refractivity contribution in [3.8, 4) is 5.75 Å². The van der Waals surface area contributed by atoms with Crippen molar-refractivity contribution in [2.75, 3.05) is 6.54 Å². The van der Waals surface area contributed by atoms with Gasteiger partial charge < -0.3 is 15.8 Å². The number of aliphatic imine (C=N–C) groups is 1. The van der Waals surface area contributed by atoms with Gasteiger partial charge in [0.1, 0.15) is 5.75 Å². The molecule has 0 bridgehead atoms. The van der Waals surface area contributed by atoms with Gasteiger partial charge in [0.2, 0.25) is 0 Å². The zero-order valence-electron chi connectivity index (χ0n) is 10.4. The van der Waals surface area contributed by atoms with Gasteiger partial charge in [-0.15, -0.1) is 0 Å². The van der Waals surface area contributed by atoms with Gasteiger partial charge in [0.25, 0.3) is 0 Å². The van der Waals surface area contributed by atoms with Gasteiger partial charge in [-0.05, 0) is 19.9 Å². The summed E-state index contributed by atoms with van der Waals surface area (Å²) in [7, 11) is 0. The highest BCUT2D eigenvalue weighted by Crippen LogP contribution is 2.22. The van der Waals surface area contributed by atoms with E-state index in [1.165, 1.54) is 6.07 Å². The number of nitrogens with two attached hydrogens (primary N) is 1. The SMILES string of the molecule is CCNC(N)=NCc1cc(C)ccc1OC(F)F. The van der Waals surface area contributed by atoms with Gasteiger partial charge in [-0.3, -0.25) is 0 Å². The molecule has 0 unspecified atom stereocenters. The lowest BCUT2D eigenvalue weighted by Gasteiger charge is -2.10. The number of hydrogen-bond donors (Lipinski definition) is 2.